The average Bonchev–Trinajstić information content (AvgIpc) is 2.79. The summed E-state index contributed by atoms with van der Waals surface area (Å²) in [6, 6.07) is 15.4. The number of aryl methyl sites for hydroxylation is 2. The average molecular weight is 322 g/mol. The van der Waals surface area contributed by atoms with Crippen molar-refractivity contribution in [3.8, 4) is 0 Å². The van der Waals surface area contributed by atoms with E-state index in [1.807, 2.05) is 62.4 Å². The minimum atomic E-state index is 0.000752. The van der Waals surface area contributed by atoms with Crippen LogP contribution < -0.4 is 4.90 Å². The van der Waals surface area contributed by atoms with Crippen molar-refractivity contribution in [2.24, 2.45) is 0 Å². The van der Waals surface area contributed by atoms with Gasteiger partial charge in [-0.2, -0.15) is 0 Å². The first-order chi connectivity index (χ1) is 11.6. The van der Waals surface area contributed by atoms with Crippen molar-refractivity contribution in [2.45, 2.75) is 20.3 Å². The number of hydrogen-bond donors (Lipinski definition) is 0. The summed E-state index contributed by atoms with van der Waals surface area (Å²) in [6.45, 7) is 5.58. The van der Waals surface area contributed by atoms with Crippen molar-refractivity contribution in [2.75, 3.05) is 24.5 Å². The van der Waals surface area contributed by atoms with Gasteiger partial charge >= 0.3 is 0 Å². The summed E-state index contributed by atoms with van der Waals surface area (Å²) in [5.41, 5.74) is 3.87. The Hall–Kier alpha value is -2.62. The molecule has 2 amide bonds. The van der Waals surface area contributed by atoms with Crippen molar-refractivity contribution >= 4 is 17.5 Å². The van der Waals surface area contributed by atoms with E-state index in [1.165, 1.54) is 5.56 Å². The number of para-hydroxylation sites is 1. The first-order valence-electron chi connectivity index (χ1n) is 8.28. The molecule has 3 rings (SSSR count). The molecular formula is C20H22N2O2. The first kappa shape index (κ1) is 16.2. The molecule has 24 heavy (non-hydrogen) atoms. The molecule has 1 saturated heterocycles. The topological polar surface area (TPSA) is 40.6 Å². The van der Waals surface area contributed by atoms with E-state index in [2.05, 4.69) is 0 Å². The minimum Gasteiger partial charge on any atom is -0.336 e. The highest BCUT2D eigenvalue weighted by molar-refractivity contribution is 5.97. The zero-order valence-corrected chi connectivity index (χ0v) is 14.2. The van der Waals surface area contributed by atoms with E-state index < -0.39 is 0 Å². The molecule has 1 aliphatic rings. The molecule has 4 nitrogen and oxygen atoms in total. The Labute approximate surface area is 142 Å². The lowest BCUT2D eigenvalue weighted by Crippen LogP contribution is -2.36. The zero-order valence-electron chi connectivity index (χ0n) is 14.2. The second kappa shape index (κ2) is 6.87. The first-order valence-corrected chi connectivity index (χ1v) is 8.28. The van der Waals surface area contributed by atoms with Gasteiger partial charge < -0.3 is 9.80 Å². The fraction of sp³-hybridized carbons (Fsp3) is 0.300. The van der Waals surface area contributed by atoms with Gasteiger partial charge in [0, 0.05) is 37.3 Å². The van der Waals surface area contributed by atoms with Gasteiger partial charge in [0.25, 0.3) is 5.91 Å². The Morgan fingerprint density at radius 1 is 0.917 bits per heavy atom. The van der Waals surface area contributed by atoms with Gasteiger partial charge in [0.15, 0.2) is 0 Å². The van der Waals surface area contributed by atoms with Gasteiger partial charge in [-0.3, -0.25) is 9.59 Å². The molecule has 1 fully saturated rings. The number of rotatable bonds is 2. The highest BCUT2D eigenvalue weighted by atomic mass is 16.2. The van der Waals surface area contributed by atoms with Crippen molar-refractivity contribution in [1.29, 1.82) is 0 Å². The molecule has 0 N–H and O–H groups in total. The van der Waals surface area contributed by atoms with Gasteiger partial charge in [0.2, 0.25) is 5.91 Å². The largest absolute Gasteiger partial charge is 0.336 e. The van der Waals surface area contributed by atoms with Crippen LogP contribution in [0.2, 0.25) is 0 Å². The summed E-state index contributed by atoms with van der Waals surface area (Å²) in [4.78, 5) is 28.7. The summed E-state index contributed by atoms with van der Waals surface area (Å²) < 4.78 is 0. The lowest BCUT2D eigenvalue weighted by molar-refractivity contribution is -0.118. The number of benzene rings is 2. The highest BCUT2D eigenvalue weighted by Gasteiger charge is 2.25. The van der Waals surface area contributed by atoms with E-state index in [-0.39, 0.29) is 11.8 Å². The van der Waals surface area contributed by atoms with Gasteiger partial charge in [-0.15, -0.1) is 0 Å². The number of anilines is 1. The molecule has 0 atom stereocenters. The van der Waals surface area contributed by atoms with Gasteiger partial charge in [0.1, 0.15) is 0 Å². The van der Waals surface area contributed by atoms with Crippen molar-refractivity contribution in [3.63, 3.8) is 0 Å². The minimum absolute atomic E-state index is 0.000752. The third kappa shape index (κ3) is 3.32. The summed E-state index contributed by atoms with van der Waals surface area (Å²) in [5, 5.41) is 0. The molecule has 0 unspecified atom stereocenters. The Kier molecular flexibility index (Phi) is 4.65. The van der Waals surface area contributed by atoms with E-state index in [4.69, 9.17) is 0 Å². The molecule has 1 aliphatic heterocycles. The third-order valence-corrected chi connectivity index (χ3v) is 4.60. The second-order valence-electron chi connectivity index (χ2n) is 6.22. The monoisotopic (exact) mass is 322 g/mol. The lowest BCUT2D eigenvalue weighted by atomic mass is 10.1. The summed E-state index contributed by atoms with van der Waals surface area (Å²) in [6.07, 6.45) is 0.353. The fourth-order valence-electron chi connectivity index (χ4n) is 2.96. The predicted molar refractivity (Wildman–Crippen MR) is 95.2 cm³/mol. The standard InChI is InChI=1S/C20H22N2O2/c1-15-8-9-17(14-16(15)2)20(24)21-11-10-19(23)22(13-12-21)18-6-4-3-5-7-18/h3-9,14H,10-13H2,1-2H3. The van der Waals surface area contributed by atoms with Crippen LogP contribution in [-0.4, -0.2) is 36.3 Å². The van der Waals surface area contributed by atoms with Crippen LogP contribution in [0.25, 0.3) is 0 Å². The maximum absolute atomic E-state index is 12.8. The highest BCUT2D eigenvalue weighted by Crippen LogP contribution is 2.18. The van der Waals surface area contributed by atoms with Crippen LogP contribution in [0.4, 0.5) is 5.69 Å². The van der Waals surface area contributed by atoms with Crippen LogP contribution in [0.15, 0.2) is 48.5 Å². The zero-order chi connectivity index (χ0) is 17.1. The quantitative estimate of drug-likeness (QED) is 0.852. The van der Waals surface area contributed by atoms with Crippen LogP contribution in [0.1, 0.15) is 27.9 Å². The maximum Gasteiger partial charge on any atom is 0.253 e. The summed E-state index contributed by atoms with van der Waals surface area (Å²) in [7, 11) is 0. The number of carbonyl (C=O) groups excluding carboxylic acids is 2. The second-order valence-corrected chi connectivity index (χ2v) is 6.22. The number of amides is 2. The molecule has 0 spiro atoms. The predicted octanol–water partition coefficient (Wildman–Crippen LogP) is 3.18. The molecule has 2 aromatic rings. The van der Waals surface area contributed by atoms with E-state index in [9.17, 15) is 9.59 Å². The number of hydrogen-bond acceptors (Lipinski definition) is 2. The van der Waals surface area contributed by atoms with Gasteiger partial charge in [-0.05, 0) is 49.2 Å². The Morgan fingerprint density at radius 3 is 2.38 bits per heavy atom. The molecule has 4 heteroatoms. The molecule has 0 saturated carbocycles. The Morgan fingerprint density at radius 2 is 1.67 bits per heavy atom. The smallest absolute Gasteiger partial charge is 0.253 e. The van der Waals surface area contributed by atoms with Crippen LogP contribution >= 0.6 is 0 Å². The number of nitrogens with zero attached hydrogens (tertiary/aromatic N) is 2. The van der Waals surface area contributed by atoms with Gasteiger partial charge in [-0.1, -0.05) is 24.3 Å². The molecule has 0 bridgehead atoms. The van der Waals surface area contributed by atoms with Crippen LogP contribution in [0.5, 0.6) is 0 Å². The normalized spacial score (nSPS) is 15.3. The third-order valence-electron chi connectivity index (χ3n) is 4.60. The summed E-state index contributed by atoms with van der Waals surface area (Å²) in [5.74, 6) is 0.0670. The van der Waals surface area contributed by atoms with Crippen LogP contribution in [0, 0.1) is 13.8 Å². The Bertz CT molecular complexity index is 755. The Balaban J connectivity index is 1.76. The molecule has 0 aromatic heterocycles. The van der Waals surface area contributed by atoms with Gasteiger partial charge in [0.05, 0.1) is 0 Å². The molecule has 2 aromatic carbocycles. The lowest BCUT2D eigenvalue weighted by Gasteiger charge is -2.22. The molecule has 124 valence electrons. The van der Waals surface area contributed by atoms with E-state index in [0.717, 1.165) is 11.3 Å². The van der Waals surface area contributed by atoms with Crippen LogP contribution in [-0.2, 0) is 4.79 Å². The summed E-state index contributed by atoms with van der Waals surface area (Å²) >= 11 is 0. The van der Waals surface area contributed by atoms with Crippen molar-refractivity contribution in [1.82, 2.24) is 4.90 Å². The number of carbonyl (C=O) groups is 2. The SMILES string of the molecule is Cc1ccc(C(=O)N2CCC(=O)N(c3ccccc3)CC2)cc1C. The van der Waals surface area contributed by atoms with E-state index in [1.54, 1.807) is 9.80 Å². The van der Waals surface area contributed by atoms with Crippen molar-refractivity contribution < 1.29 is 9.59 Å². The molecule has 0 aliphatic carbocycles. The molecular weight excluding hydrogens is 300 g/mol. The van der Waals surface area contributed by atoms with Crippen LogP contribution in [0.3, 0.4) is 0 Å². The maximum atomic E-state index is 12.8. The van der Waals surface area contributed by atoms with Gasteiger partial charge in [-0.25, -0.2) is 0 Å². The molecule has 1 heterocycles. The van der Waals surface area contributed by atoms with E-state index in [0.29, 0.717) is 31.6 Å². The fourth-order valence-corrected chi connectivity index (χ4v) is 2.96. The van der Waals surface area contributed by atoms with Crippen molar-refractivity contribution in [3.05, 3.63) is 65.2 Å². The molecule has 0 radical (unpaired) electrons. The van der Waals surface area contributed by atoms with E-state index >= 15 is 0 Å².